The molecule has 0 fully saturated rings. The van der Waals surface area contributed by atoms with E-state index in [-0.39, 0.29) is 37.5 Å². The van der Waals surface area contributed by atoms with E-state index in [2.05, 4.69) is 106 Å². The summed E-state index contributed by atoms with van der Waals surface area (Å²) in [7, 11) is 0. The Morgan fingerprint density at radius 3 is 0.944 bits per heavy atom. The van der Waals surface area contributed by atoms with Crippen molar-refractivity contribution in [2.24, 2.45) is 0 Å². The van der Waals surface area contributed by atoms with Crippen molar-refractivity contribution in [3.63, 3.8) is 0 Å². The predicted octanol–water partition coefficient (Wildman–Crippen LogP) is 20.3. The quantitative estimate of drug-likeness (QED) is 0.0261. The molecule has 0 unspecified atom stereocenters. The van der Waals surface area contributed by atoms with E-state index < -0.39 is 6.10 Å². The molecule has 0 aliphatic carbocycles. The highest BCUT2D eigenvalue weighted by atomic mass is 16.6. The lowest BCUT2D eigenvalue weighted by atomic mass is 10.0. The number of hydrogen-bond donors (Lipinski definition) is 0. The van der Waals surface area contributed by atoms with Gasteiger partial charge < -0.3 is 14.2 Å². The minimum Gasteiger partial charge on any atom is -0.462 e. The molecular weight excluding hydrogens is 877 g/mol. The second-order valence-electron chi connectivity index (χ2n) is 19.9. The smallest absolute Gasteiger partial charge is 0.306 e. The molecule has 408 valence electrons. The van der Waals surface area contributed by atoms with Crippen LogP contribution in [0.25, 0.3) is 0 Å². The molecular formula is C65H112O6. The van der Waals surface area contributed by atoms with Gasteiger partial charge in [0.1, 0.15) is 13.2 Å². The molecule has 71 heavy (non-hydrogen) atoms. The first-order valence-corrected chi connectivity index (χ1v) is 30.1. The summed E-state index contributed by atoms with van der Waals surface area (Å²) in [5.74, 6) is -0.953. The first-order valence-electron chi connectivity index (χ1n) is 30.1. The summed E-state index contributed by atoms with van der Waals surface area (Å²) in [5.41, 5.74) is 0. The van der Waals surface area contributed by atoms with E-state index in [1.165, 1.54) is 167 Å². The minimum atomic E-state index is -0.802. The van der Waals surface area contributed by atoms with Crippen LogP contribution in [-0.4, -0.2) is 37.2 Å². The van der Waals surface area contributed by atoms with Gasteiger partial charge in [0.15, 0.2) is 6.10 Å². The van der Waals surface area contributed by atoms with E-state index in [9.17, 15) is 14.4 Å². The van der Waals surface area contributed by atoms with Crippen molar-refractivity contribution in [2.45, 2.75) is 297 Å². The summed E-state index contributed by atoms with van der Waals surface area (Å²) in [6.45, 7) is 6.48. The van der Waals surface area contributed by atoms with Crippen molar-refractivity contribution in [3.8, 4) is 0 Å². The molecule has 0 saturated heterocycles. The summed E-state index contributed by atoms with van der Waals surface area (Å²) < 4.78 is 16.8. The summed E-state index contributed by atoms with van der Waals surface area (Å²) >= 11 is 0. The van der Waals surface area contributed by atoms with Crippen LogP contribution in [0.1, 0.15) is 290 Å². The van der Waals surface area contributed by atoms with E-state index in [4.69, 9.17) is 14.2 Å². The van der Waals surface area contributed by atoms with Gasteiger partial charge in [0, 0.05) is 19.3 Å². The van der Waals surface area contributed by atoms with Crippen molar-refractivity contribution in [1.82, 2.24) is 0 Å². The van der Waals surface area contributed by atoms with Crippen LogP contribution < -0.4 is 0 Å². The number of carbonyl (C=O) groups is 3. The molecule has 0 bridgehead atoms. The number of unbranched alkanes of at least 4 members (excludes halogenated alkanes) is 29. The van der Waals surface area contributed by atoms with Crippen LogP contribution >= 0.6 is 0 Å². The number of rotatable bonds is 54. The van der Waals surface area contributed by atoms with Crippen molar-refractivity contribution >= 4 is 17.9 Å². The molecule has 1 atom stereocenters. The molecule has 6 heteroatoms. The lowest BCUT2D eigenvalue weighted by Crippen LogP contribution is -2.30. The van der Waals surface area contributed by atoms with Crippen LogP contribution in [0.2, 0.25) is 0 Å². The van der Waals surface area contributed by atoms with E-state index in [1.54, 1.807) is 0 Å². The average Bonchev–Trinajstić information content (AvgIpc) is 3.37. The Bertz CT molecular complexity index is 1370. The number of esters is 3. The van der Waals surface area contributed by atoms with E-state index in [0.29, 0.717) is 19.3 Å². The zero-order chi connectivity index (χ0) is 51.4. The molecule has 0 heterocycles. The summed E-state index contributed by atoms with van der Waals surface area (Å²) in [6, 6.07) is 0. The van der Waals surface area contributed by atoms with Crippen LogP contribution in [0.5, 0.6) is 0 Å². The lowest BCUT2D eigenvalue weighted by Gasteiger charge is -2.18. The Kier molecular flexibility index (Phi) is 56.3. The topological polar surface area (TPSA) is 78.9 Å². The Morgan fingerprint density at radius 1 is 0.296 bits per heavy atom. The Labute approximate surface area is 439 Å². The fraction of sp³-hybridized carbons (Fsp3) is 0.738. The monoisotopic (exact) mass is 989 g/mol. The van der Waals surface area contributed by atoms with Gasteiger partial charge >= 0.3 is 17.9 Å². The molecule has 0 saturated carbocycles. The summed E-state index contributed by atoms with van der Waals surface area (Å²) in [6.07, 6.45) is 77.3. The molecule has 6 nitrogen and oxygen atoms in total. The third-order valence-corrected chi connectivity index (χ3v) is 12.9. The normalized spacial score (nSPS) is 12.7. The average molecular weight is 990 g/mol. The second kappa shape index (κ2) is 59.2. The molecule has 0 amide bonds. The lowest BCUT2D eigenvalue weighted by molar-refractivity contribution is -0.167. The van der Waals surface area contributed by atoms with Crippen LogP contribution in [0, 0.1) is 0 Å². The van der Waals surface area contributed by atoms with Crippen LogP contribution in [0.15, 0.2) is 85.1 Å². The highest BCUT2D eigenvalue weighted by Crippen LogP contribution is 2.16. The maximum absolute atomic E-state index is 12.9. The number of ether oxygens (including phenoxy) is 3. The Balaban J connectivity index is 4.43. The van der Waals surface area contributed by atoms with Gasteiger partial charge in [-0.2, -0.15) is 0 Å². The maximum Gasteiger partial charge on any atom is 0.306 e. The van der Waals surface area contributed by atoms with Crippen LogP contribution in [0.4, 0.5) is 0 Å². The Hall–Kier alpha value is -3.41. The van der Waals surface area contributed by atoms with Gasteiger partial charge in [-0.15, -0.1) is 0 Å². The van der Waals surface area contributed by atoms with Gasteiger partial charge in [-0.3, -0.25) is 14.4 Å². The number of hydrogen-bond acceptors (Lipinski definition) is 6. The standard InChI is InChI=1S/C65H112O6/c1-4-7-10-13-16-19-22-25-28-30-31-32-33-35-38-41-44-47-50-53-56-59-65(68)71-62(60-69-63(66)57-54-51-48-45-42-39-36-27-24-21-18-15-12-9-6-3)61-70-64(67)58-55-52-49-46-43-40-37-34-29-26-23-20-17-14-11-8-5-2/h8,11,17,20-21,24-26,28-29,37,40,46,49,62H,4-7,9-10,12-16,18-19,22-23,27,30-36,38-39,41-45,47-48,50-61H2,1-3H3/b11-8-,20-17-,24-21-,28-25-,29-26-,40-37-,49-46-/t62-/m0/s1. The van der Waals surface area contributed by atoms with Crippen molar-refractivity contribution in [3.05, 3.63) is 85.1 Å². The molecule has 0 N–H and O–H groups in total. The molecule has 0 rings (SSSR count). The summed E-state index contributed by atoms with van der Waals surface area (Å²) in [4.78, 5) is 38.2. The van der Waals surface area contributed by atoms with Gasteiger partial charge in [-0.05, 0) is 109 Å². The van der Waals surface area contributed by atoms with Crippen molar-refractivity contribution in [2.75, 3.05) is 13.2 Å². The van der Waals surface area contributed by atoms with Gasteiger partial charge in [-0.25, -0.2) is 0 Å². The fourth-order valence-electron chi connectivity index (χ4n) is 8.35. The van der Waals surface area contributed by atoms with Crippen molar-refractivity contribution < 1.29 is 28.6 Å². The van der Waals surface area contributed by atoms with Crippen LogP contribution in [0.3, 0.4) is 0 Å². The molecule has 0 aromatic heterocycles. The molecule has 0 aliphatic rings. The molecule has 0 radical (unpaired) electrons. The fourth-order valence-corrected chi connectivity index (χ4v) is 8.35. The molecule has 0 aliphatic heterocycles. The first-order chi connectivity index (χ1) is 35.0. The van der Waals surface area contributed by atoms with Gasteiger partial charge in [-0.1, -0.05) is 247 Å². The highest BCUT2D eigenvalue weighted by Gasteiger charge is 2.19. The maximum atomic E-state index is 12.9. The molecule has 0 spiro atoms. The number of carbonyl (C=O) groups excluding carboxylic acids is 3. The van der Waals surface area contributed by atoms with Gasteiger partial charge in [0.05, 0.1) is 0 Å². The van der Waals surface area contributed by atoms with E-state index in [0.717, 1.165) is 77.0 Å². The predicted molar refractivity (Wildman–Crippen MR) is 307 cm³/mol. The molecule has 0 aromatic rings. The van der Waals surface area contributed by atoms with E-state index in [1.807, 2.05) is 0 Å². The SMILES string of the molecule is CC/C=C\C/C=C\C/C=C\C/C=C\C/C=C\CCCC(=O)OC[C@H](COC(=O)CCCCCCCCC/C=C\CCCCCC)OC(=O)CCCCCCCCCCCCC/C=C\CCCCCCCC. The first kappa shape index (κ1) is 67.6. The van der Waals surface area contributed by atoms with Gasteiger partial charge in [0.2, 0.25) is 0 Å². The van der Waals surface area contributed by atoms with E-state index >= 15 is 0 Å². The highest BCUT2D eigenvalue weighted by molar-refractivity contribution is 5.71. The Morgan fingerprint density at radius 2 is 0.563 bits per heavy atom. The summed E-state index contributed by atoms with van der Waals surface area (Å²) in [5, 5.41) is 0. The third kappa shape index (κ3) is 57.4. The van der Waals surface area contributed by atoms with Crippen LogP contribution in [-0.2, 0) is 28.6 Å². The van der Waals surface area contributed by atoms with Gasteiger partial charge in [0.25, 0.3) is 0 Å². The minimum absolute atomic E-state index is 0.0958. The zero-order valence-corrected chi connectivity index (χ0v) is 46.7. The van der Waals surface area contributed by atoms with Crippen molar-refractivity contribution in [1.29, 1.82) is 0 Å². The largest absolute Gasteiger partial charge is 0.462 e. The second-order valence-corrected chi connectivity index (χ2v) is 19.9. The third-order valence-electron chi connectivity index (χ3n) is 12.9. The number of allylic oxidation sites excluding steroid dienone is 14. The molecule has 0 aromatic carbocycles. The zero-order valence-electron chi connectivity index (χ0n) is 46.7.